The molecule has 6 nitrogen and oxygen atoms in total. The third-order valence-electron chi connectivity index (χ3n) is 6.29. The monoisotopic (exact) mass is 444 g/mol. The first-order chi connectivity index (χ1) is 16.0. The van der Waals surface area contributed by atoms with Crippen molar-refractivity contribution in [3.05, 3.63) is 83.4 Å². The van der Waals surface area contributed by atoms with Crippen LogP contribution in [0.25, 0.3) is 10.8 Å². The fraction of sp³-hybridized carbons (Fsp3) is 0.296. The van der Waals surface area contributed by atoms with Gasteiger partial charge >= 0.3 is 5.97 Å². The van der Waals surface area contributed by atoms with Crippen LogP contribution in [0.1, 0.15) is 47.2 Å². The number of ether oxygens (including phenoxy) is 1. The van der Waals surface area contributed by atoms with Crippen molar-refractivity contribution in [1.82, 2.24) is 10.6 Å². The van der Waals surface area contributed by atoms with Gasteiger partial charge in [-0.3, -0.25) is 9.59 Å². The third kappa shape index (κ3) is 5.58. The fourth-order valence-electron chi connectivity index (χ4n) is 4.44. The minimum atomic E-state index is -0.404. The molecule has 33 heavy (non-hydrogen) atoms. The molecule has 1 saturated heterocycles. The fourth-order valence-corrected chi connectivity index (χ4v) is 4.44. The van der Waals surface area contributed by atoms with Crippen LogP contribution in [0.4, 0.5) is 0 Å². The van der Waals surface area contributed by atoms with E-state index in [4.69, 9.17) is 4.74 Å². The van der Waals surface area contributed by atoms with Crippen LogP contribution >= 0.6 is 0 Å². The highest BCUT2D eigenvalue weighted by Gasteiger charge is 2.37. The molecule has 3 aromatic rings. The summed E-state index contributed by atoms with van der Waals surface area (Å²) < 4.78 is 4.70. The second-order valence-corrected chi connectivity index (χ2v) is 8.65. The number of amides is 2. The Labute approximate surface area is 193 Å². The molecule has 0 bridgehead atoms. The van der Waals surface area contributed by atoms with Gasteiger partial charge in [-0.15, -0.1) is 0 Å². The Bertz CT molecular complexity index is 1170. The Morgan fingerprint density at radius 3 is 2.42 bits per heavy atom. The molecule has 4 rings (SSSR count). The molecule has 3 aromatic carbocycles. The number of esters is 1. The third-order valence-corrected chi connectivity index (χ3v) is 6.29. The first-order valence-electron chi connectivity index (χ1n) is 11.2. The number of fused-ring (bicyclic) bond motifs is 1. The molecule has 1 aliphatic heterocycles. The molecule has 1 heterocycles. The van der Waals surface area contributed by atoms with Crippen molar-refractivity contribution in [2.75, 3.05) is 7.11 Å². The SMILES string of the molecule is COC(=O)c1ccc(CNC(=O)CCC2(Cc3ccc4ccccc4c3)CCC(=O)N2)cc1. The second kappa shape index (κ2) is 9.86. The van der Waals surface area contributed by atoms with E-state index < -0.39 is 5.54 Å². The van der Waals surface area contributed by atoms with Crippen LogP contribution < -0.4 is 10.6 Å². The van der Waals surface area contributed by atoms with Crippen molar-refractivity contribution >= 4 is 28.6 Å². The predicted molar refractivity (Wildman–Crippen MR) is 127 cm³/mol. The van der Waals surface area contributed by atoms with Gasteiger partial charge in [-0.05, 0) is 53.3 Å². The topological polar surface area (TPSA) is 84.5 Å². The van der Waals surface area contributed by atoms with Gasteiger partial charge < -0.3 is 15.4 Å². The summed E-state index contributed by atoms with van der Waals surface area (Å²) in [5.74, 6) is -0.408. The lowest BCUT2D eigenvalue weighted by Crippen LogP contribution is -2.44. The number of rotatable bonds is 8. The van der Waals surface area contributed by atoms with Crippen molar-refractivity contribution < 1.29 is 19.1 Å². The number of benzene rings is 3. The van der Waals surface area contributed by atoms with E-state index in [0.717, 1.165) is 17.5 Å². The summed E-state index contributed by atoms with van der Waals surface area (Å²) in [7, 11) is 1.34. The van der Waals surface area contributed by atoms with Crippen LogP contribution in [0, 0.1) is 0 Å². The molecule has 0 saturated carbocycles. The first kappa shape index (κ1) is 22.5. The summed E-state index contributed by atoms with van der Waals surface area (Å²) in [5.41, 5.74) is 2.12. The Hall–Kier alpha value is -3.67. The summed E-state index contributed by atoms with van der Waals surface area (Å²) in [4.78, 5) is 36.1. The molecule has 2 N–H and O–H groups in total. The maximum Gasteiger partial charge on any atom is 0.337 e. The number of nitrogens with one attached hydrogen (secondary N) is 2. The summed E-state index contributed by atoms with van der Waals surface area (Å²) >= 11 is 0. The van der Waals surface area contributed by atoms with Crippen molar-refractivity contribution in [1.29, 1.82) is 0 Å². The van der Waals surface area contributed by atoms with Crippen LogP contribution in [0.15, 0.2) is 66.7 Å². The van der Waals surface area contributed by atoms with Gasteiger partial charge in [0, 0.05) is 24.9 Å². The zero-order chi connectivity index (χ0) is 23.3. The smallest absolute Gasteiger partial charge is 0.337 e. The molecule has 6 heteroatoms. The van der Waals surface area contributed by atoms with E-state index in [2.05, 4.69) is 41.0 Å². The summed E-state index contributed by atoms with van der Waals surface area (Å²) in [6.07, 6.45) is 2.82. The van der Waals surface area contributed by atoms with Crippen molar-refractivity contribution in [3.8, 4) is 0 Å². The maximum absolute atomic E-state index is 12.5. The number of carbonyl (C=O) groups is 3. The minimum Gasteiger partial charge on any atom is -0.465 e. The van der Waals surface area contributed by atoms with E-state index in [0.29, 0.717) is 37.8 Å². The Balaban J connectivity index is 1.35. The van der Waals surface area contributed by atoms with Gasteiger partial charge in [-0.25, -0.2) is 4.79 Å². The Morgan fingerprint density at radius 1 is 1.00 bits per heavy atom. The van der Waals surface area contributed by atoms with E-state index in [-0.39, 0.29) is 17.8 Å². The molecular formula is C27H28N2O4. The van der Waals surface area contributed by atoms with Gasteiger partial charge in [0.05, 0.1) is 12.7 Å². The van der Waals surface area contributed by atoms with Crippen molar-refractivity contribution in [3.63, 3.8) is 0 Å². The van der Waals surface area contributed by atoms with Gasteiger partial charge in [-0.1, -0.05) is 54.6 Å². The van der Waals surface area contributed by atoms with Gasteiger partial charge in [0.25, 0.3) is 0 Å². The largest absolute Gasteiger partial charge is 0.465 e. The van der Waals surface area contributed by atoms with Gasteiger partial charge in [-0.2, -0.15) is 0 Å². The summed E-state index contributed by atoms with van der Waals surface area (Å²) in [6.45, 7) is 0.379. The zero-order valence-electron chi connectivity index (χ0n) is 18.7. The van der Waals surface area contributed by atoms with E-state index in [1.54, 1.807) is 24.3 Å². The van der Waals surface area contributed by atoms with Crippen molar-refractivity contribution in [2.24, 2.45) is 0 Å². The average Bonchev–Trinajstić information content (AvgIpc) is 3.21. The lowest BCUT2D eigenvalue weighted by molar-refractivity contribution is -0.122. The van der Waals surface area contributed by atoms with Gasteiger partial charge in [0.2, 0.25) is 11.8 Å². The molecule has 0 spiro atoms. The lowest BCUT2D eigenvalue weighted by atomic mass is 9.84. The molecule has 170 valence electrons. The molecule has 0 aromatic heterocycles. The number of carbonyl (C=O) groups excluding carboxylic acids is 3. The minimum absolute atomic E-state index is 0.0434. The predicted octanol–water partition coefficient (Wildman–Crippen LogP) is 3.91. The molecule has 1 fully saturated rings. The second-order valence-electron chi connectivity index (χ2n) is 8.65. The Kier molecular flexibility index (Phi) is 6.73. The Morgan fingerprint density at radius 2 is 1.73 bits per heavy atom. The molecule has 1 atom stereocenters. The molecular weight excluding hydrogens is 416 g/mol. The molecule has 1 unspecified atom stereocenters. The number of hydrogen-bond acceptors (Lipinski definition) is 4. The molecule has 2 amide bonds. The standard InChI is InChI=1S/C27H28N2O4/c1-33-26(32)22-10-6-19(7-11-22)18-28-24(30)12-14-27(15-13-25(31)29-27)17-20-8-9-21-4-2-3-5-23(21)16-20/h2-11,16H,12-15,17-18H2,1H3,(H,28,30)(H,29,31). The van der Waals surface area contributed by atoms with Crippen molar-refractivity contribution in [2.45, 2.75) is 44.2 Å². The molecule has 0 radical (unpaired) electrons. The quantitative estimate of drug-likeness (QED) is 0.516. The van der Waals surface area contributed by atoms with E-state index in [1.807, 2.05) is 12.1 Å². The van der Waals surface area contributed by atoms with E-state index >= 15 is 0 Å². The highest BCUT2D eigenvalue weighted by atomic mass is 16.5. The van der Waals surface area contributed by atoms with Crippen LogP contribution in [0.3, 0.4) is 0 Å². The van der Waals surface area contributed by atoms with Gasteiger partial charge in [0.15, 0.2) is 0 Å². The first-order valence-corrected chi connectivity index (χ1v) is 11.2. The van der Waals surface area contributed by atoms with Crippen LogP contribution in [0.2, 0.25) is 0 Å². The van der Waals surface area contributed by atoms with E-state index in [1.165, 1.54) is 17.9 Å². The van der Waals surface area contributed by atoms with Crippen LogP contribution in [0.5, 0.6) is 0 Å². The molecule has 0 aliphatic carbocycles. The van der Waals surface area contributed by atoms with E-state index in [9.17, 15) is 14.4 Å². The van der Waals surface area contributed by atoms with Crippen LogP contribution in [-0.2, 0) is 27.3 Å². The number of methoxy groups -OCH3 is 1. The highest BCUT2D eigenvalue weighted by molar-refractivity contribution is 5.89. The lowest BCUT2D eigenvalue weighted by Gasteiger charge is -2.29. The average molecular weight is 445 g/mol. The summed E-state index contributed by atoms with van der Waals surface area (Å²) in [5, 5.41) is 8.44. The summed E-state index contributed by atoms with van der Waals surface area (Å²) in [6, 6.07) is 21.5. The normalized spacial score (nSPS) is 17.5. The number of hydrogen-bond donors (Lipinski definition) is 2. The molecule has 1 aliphatic rings. The van der Waals surface area contributed by atoms with Gasteiger partial charge in [0.1, 0.15) is 0 Å². The van der Waals surface area contributed by atoms with Crippen LogP contribution in [-0.4, -0.2) is 30.4 Å². The highest BCUT2D eigenvalue weighted by Crippen LogP contribution is 2.30. The zero-order valence-corrected chi connectivity index (χ0v) is 18.7. The maximum atomic E-state index is 12.5.